The highest BCUT2D eigenvalue weighted by Gasteiger charge is 2.10. The van der Waals surface area contributed by atoms with Crippen LogP contribution in [0.1, 0.15) is 16.2 Å². The fourth-order valence-corrected chi connectivity index (χ4v) is 2.73. The zero-order chi connectivity index (χ0) is 17.8. The number of ether oxygens (including phenoxy) is 2. The van der Waals surface area contributed by atoms with Gasteiger partial charge < -0.3 is 19.4 Å². The van der Waals surface area contributed by atoms with Crippen LogP contribution in [0.4, 0.5) is 0 Å². The van der Waals surface area contributed by atoms with E-state index in [-0.39, 0.29) is 5.91 Å². The Labute approximate surface area is 146 Å². The van der Waals surface area contributed by atoms with Crippen molar-refractivity contribution in [3.63, 3.8) is 0 Å². The predicted octanol–water partition coefficient (Wildman–Crippen LogP) is 2.56. The second-order valence-electron chi connectivity index (χ2n) is 5.68. The van der Waals surface area contributed by atoms with Crippen molar-refractivity contribution in [3.8, 4) is 11.5 Å². The highest BCUT2D eigenvalue weighted by molar-refractivity contribution is 5.94. The molecule has 1 heterocycles. The van der Waals surface area contributed by atoms with Crippen LogP contribution in [0.3, 0.4) is 0 Å². The summed E-state index contributed by atoms with van der Waals surface area (Å²) in [4.78, 5) is 16.9. The molecule has 0 fully saturated rings. The first-order valence-corrected chi connectivity index (χ1v) is 8.04. The monoisotopic (exact) mass is 339 g/mol. The number of amides is 1. The van der Waals surface area contributed by atoms with Gasteiger partial charge in [-0.1, -0.05) is 6.07 Å². The fourth-order valence-electron chi connectivity index (χ4n) is 2.73. The molecule has 3 aromatic rings. The fraction of sp³-hybridized carbons (Fsp3) is 0.263. The first kappa shape index (κ1) is 16.8. The quantitative estimate of drug-likeness (QED) is 0.750. The zero-order valence-electron chi connectivity index (χ0n) is 14.6. The third kappa shape index (κ3) is 3.57. The van der Waals surface area contributed by atoms with Gasteiger partial charge in [0.2, 0.25) is 0 Å². The molecule has 0 radical (unpaired) electrons. The minimum absolute atomic E-state index is 0.126. The van der Waals surface area contributed by atoms with Gasteiger partial charge in [0.15, 0.2) is 0 Å². The van der Waals surface area contributed by atoms with Crippen LogP contribution in [-0.4, -0.2) is 36.2 Å². The van der Waals surface area contributed by atoms with E-state index in [2.05, 4.69) is 10.3 Å². The Morgan fingerprint density at radius 2 is 1.88 bits per heavy atom. The highest BCUT2D eigenvalue weighted by Crippen LogP contribution is 2.21. The third-order valence-electron chi connectivity index (χ3n) is 4.15. The highest BCUT2D eigenvalue weighted by atomic mass is 16.5. The van der Waals surface area contributed by atoms with Crippen molar-refractivity contribution in [2.45, 2.75) is 6.42 Å². The smallest absolute Gasteiger partial charge is 0.251 e. The molecule has 130 valence electrons. The zero-order valence-corrected chi connectivity index (χ0v) is 14.6. The van der Waals surface area contributed by atoms with E-state index in [1.165, 1.54) is 0 Å². The molecule has 1 amide bonds. The van der Waals surface area contributed by atoms with E-state index in [0.717, 1.165) is 22.6 Å². The molecule has 6 nitrogen and oxygen atoms in total. The number of nitrogens with one attached hydrogen (secondary N) is 1. The molecule has 0 aliphatic heterocycles. The molecule has 0 spiro atoms. The molecule has 0 unspecified atom stereocenters. The van der Waals surface area contributed by atoms with Crippen molar-refractivity contribution in [1.82, 2.24) is 14.9 Å². The minimum Gasteiger partial charge on any atom is -0.497 e. The number of methoxy groups -OCH3 is 2. The molecule has 1 N–H and O–H groups in total. The Bertz CT molecular complexity index is 902. The summed E-state index contributed by atoms with van der Waals surface area (Å²) in [5.74, 6) is 2.23. The Balaban J connectivity index is 1.66. The molecule has 0 aliphatic carbocycles. The summed E-state index contributed by atoms with van der Waals surface area (Å²) >= 11 is 0. The molecule has 25 heavy (non-hydrogen) atoms. The first-order valence-electron chi connectivity index (χ1n) is 8.04. The van der Waals surface area contributed by atoms with Gasteiger partial charge in [0, 0.05) is 31.6 Å². The van der Waals surface area contributed by atoms with Crippen molar-refractivity contribution >= 4 is 16.9 Å². The van der Waals surface area contributed by atoms with Crippen LogP contribution in [0, 0.1) is 0 Å². The van der Waals surface area contributed by atoms with Crippen LogP contribution in [-0.2, 0) is 13.5 Å². The number of rotatable bonds is 6. The van der Waals surface area contributed by atoms with Crippen LogP contribution in [0.2, 0.25) is 0 Å². The maximum absolute atomic E-state index is 12.2. The molecule has 0 atom stereocenters. The minimum atomic E-state index is -0.126. The normalized spacial score (nSPS) is 10.7. The molecule has 3 rings (SSSR count). The Kier molecular flexibility index (Phi) is 4.88. The molecule has 1 aromatic heterocycles. The average molecular weight is 339 g/mol. The van der Waals surface area contributed by atoms with Gasteiger partial charge in [0.05, 0.1) is 25.3 Å². The number of imidazole rings is 1. The molecule has 0 aliphatic rings. The average Bonchev–Trinajstić information content (AvgIpc) is 2.96. The van der Waals surface area contributed by atoms with E-state index in [0.29, 0.717) is 24.3 Å². The summed E-state index contributed by atoms with van der Waals surface area (Å²) < 4.78 is 12.4. The van der Waals surface area contributed by atoms with Crippen molar-refractivity contribution in [2.75, 3.05) is 20.8 Å². The lowest BCUT2D eigenvalue weighted by Crippen LogP contribution is -2.26. The SMILES string of the molecule is COc1cccc(C(=O)NCCc2nc3cc(OC)ccc3n2C)c1. The number of aromatic nitrogens is 2. The number of nitrogens with zero attached hydrogens (tertiary/aromatic N) is 2. The van der Waals surface area contributed by atoms with Gasteiger partial charge in [-0.3, -0.25) is 4.79 Å². The topological polar surface area (TPSA) is 65.4 Å². The molecule has 6 heteroatoms. The van der Waals surface area contributed by atoms with Gasteiger partial charge in [-0.2, -0.15) is 0 Å². The van der Waals surface area contributed by atoms with Gasteiger partial charge in [-0.25, -0.2) is 4.98 Å². The van der Waals surface area contributed by atoms with E-state index in [9.17, 15) is 4.79 Å². The Morgan fingerprint density at radius 3 is 2.64 bits per heavy atom. The molecular formula is C19H21N3O3. The standard InChI is InChI=1S/C19H21N3O3/c1-22-17-8-7-15(25-3)12-16(17)21-18(22)9-10-20-19(23)13-5-4-6-14(11-13)24-2/h4-8,11-12H,9-10H2,1-3H3,(H,20,23). The summed E-state index contributed by atoms with van der Waals surface area (Å²) in [6.07, 6.45) is 0.642. The van der Waals surface area contributed by atoms with Gasteiger partial charge >= 0.3 is 0 Å². The van der Waals surface area contributed by atoms with Crippen LogP contribution >= 0.6 is 0 Å². The van der Waals surface area contributed by atoms with Crippen LogP contribution in [0.15, 0.2) is 42.5 Å². The largest absolute Gasteiger partial charge is 0.497 e. The lowest BCUT2D eigenvalue weighted by Gasteiger charge is -2.07. The summed E-state index contributed by atoms with van der Waals surface area (Å²) in [6, 6.07) is 12.9. The number of carbonyl (C=O) groups is 1. The predicted molar refractivity (Wildman–Crippen MR) is 96.3 cm³/mol. The van der Waals surface area contributed by atoms with Gasteiger partial charge in [-0.15, -0.1) is 0 Å². The number of benzene rings is 2. The van der Waals surface area contributed by atoms with E-state index < -0.39 is 0 Å². The van der Waals surface area contributed by atoms with Crippen LogP contribution in [0.25, 0.3) is 11.0 Å². The number of carbonyl (C=O) groups excluding carboxylic acids is 1. The van der Waals surface area contributed by atoms with E-state index in [4.69, 9.17) is 9.47 Å². The first-order chi connectivity index (χ1) is 12.1. The maximum atomic E-state index is 12.2. The molecule has 0 saturated carbocycles. The second-order valence-corrected chi connectivity index (χ2v) is 5.68. The molecule has 0 bridgehead atoms. The maximum Gasteiger partial charge on any atom is 0.251 e. The van der Waals surface area contributed by atoms with E-state index in [1.807, 2.05) is 35.9 Å². The summed E-state index contributed by atoms with van der Waals surface area (Å²) in [5.41, 5.74) is 2.50. The molecule has 2 aromatic carbocycles. The Hall–Kier alpha value is -3.02. The summed E-state index contributed by atoms with van der Waals surface area (Å²) in [6.45, 7) is 0.504. The van der Waals surface area contributed by atoms with Gasteiger partial charge in [0.25, 0.3) is 5.91 Å². The lowest BCUT2D eigenvalue weighted by atomic mass is 10.2. The molecular weight excluding hydrogens is 318 g/mol. The van der Waals surface area contributed by atoms with Gasteiger partial charge in [0.1, 0.15) is 17.3 Å². The Morgan fingerprint density at radius 1 is 1.12 bits per heavy atom. The number of fused-ring (bicyclic) bond motifs is 1. The summed E-state index contributed by atoms with van der Waals surface area (Å²) in [7, 11) is 5.19. The van der Waals surface area contributed by atoms with Crippen LogP contribution in [0.5, 0.6) is 11.5 Å². The van der Waals surface area contributed by atoms with Crippen LogP contribution < -0.4 is 14.8 Å². The lowest BCUT2D eigenvalue weighted by molar-refractivity contribution is 0.0953. The second kappa shape index (κ2) is 7.25. The summed E-state index contributed by atoms with van der Waals surface area (Å²) in [5, 5.41) is 2.92. The van der Waals surface area contributed by atoms with Gasteiger partial charge in [-0.05, 0) is 30.3 Å². The van der Waals surface area contributed by atoms with Crippen molar-refractivity contribution in [1.29, 1.82) is 0 Å². The number of aryl methyl sites for hydroxylation is 1. The van der Waals surface area contributed by atoms with E-state index in [1.54, 1.807) is 32.4 Å². The molecule has 0 saturated heterocycles. The van der Waals surface area contributed by atoms with Crippen molar-refractivity contribution < 1.29 is 14.3 Å². The third-order valence-corrected chi connectivity index (χ3v) is 4.15. The number of hydrogen-bond donors (Lipinski definition) is 1. The van der Waals surface area contributed by atoms with E-state index >= 15 is 0 Å². The van der Waals surface area contributed by atoms with Crippen molar-refractivity contribution in [2.24, 2.45) is 7.05 Å². The van der Waals surface area contributed by atoms with Crippen molar-refractivity contribution in [3.05, 3.63) is 53.9 Å². The number of hydrogen-bond acceptors (Lipinski definition) is 4.